The number of benzene rings is 1. The first-order chi connectivity index (χ1) is 12.7. The topological polar surface area (TPSA) is 41.5 Å². The molecule has 0 bridgehead atoms. The molecule has 26 heavy (non-hydrogen) atoms. The lowest BCUT2D eigenvalue weighted by Crippen LogP contribution is -2.47. The highest BCUT2D eigenvalue weighted by molar-refractivity contribution is 5.51. The highest BCUT2D eigenvalue weighted by Gasteiger charge is 2.27. The van der Waals surface area contributed by atoms with Crippen LogP contribution in [-0.4, -0.2) is 49.4 Å². The minimum absolute atomic E-state index is 0.0882. The van der Waals surface area contributed by atoms with Gasteiger partial charge in [-0.3, -0.25) is 0 Å². The molecule has 5 nitrogen and oxygen atoms in total. The Morgan fingerprint density at radius 2 is 1.62 bits per heavy atom. The average molecular weight is 360 g/mol. The highest BCUT2D eigenvalue weighted by Crippen LogP contribution is 2.31. The Kier molecular flexibility index (Phi) is 4.97. The van der Waals surface area contributed by atoms with Crippen molar-refractivity contribution < 1.29 is 13.5 Å². The lowest BCUT2D eigenvalue weighted by atomic mass is 9.96. The van der Waals surface area contributed by atoms with Gasteiger partial charge in [0.25, 0.3) is 0 Å². The smallest absolute Gasteiger partial charge is 0.187 e. The number of hydrogen-bond acceptors (Lipinski definition) is 5. The molecule has 138 valence electrons. The van der Waals surface area contributed by atoms with E-state index in [0.717, 1.165) is 12.8 Å². The number of para-hydroxylation sites is 1. The van der Waals surface area contributed by atoms with E-state index in [9.17, 15) is 4.39 Å². The number of hydrogen-bond donors (Lipinski definition) is 0. The molecule has 0 unspecified atom stereocenters. The van der Waals surface area contributed by atoms with Crippen LogP contribution in [0.2, 0.25) is 0 Å². The number of ether oxygens (including phenoxy) is 1. The van der Waals surface area contributed by atoms with Gasteiger partial charge in [0, 0.05) is 45.3 Å². The van der Waals surface area contributed by atoms with E-state index in [-0.39, 0.29) is 17.6 Å². The largest absolute Gasteiger partial charge is 0.381 e. The van der Waals surface area contributed by atoms with Crippen molar-refractivity contribution in [3.8, 4) is 0 Å². The Bertz CT molecular complexity index is 759. The summed E-state index contributed by atoms with van der Waals surface area (Å²) >= 11 is 0. The molecule has 0 radical (unpaired) electrons. The van der Waals surface area contributed by atoms with Crippen LogP contribution in [0.1, 0.15) is 24.5 Å². The standard InChI is InChI=1S/C19H22F2N4O/c20-15-3-1-2-4-16(15)24-7-9-25(10-8-24)19-17(21)18(22-13-23-19)14-5-11-26-12-6-14/h1-4,13-14H,5-12H2. The van der Waals surface area contributed by atoms with Crippen molar-refractivity contribution in [2.45, 2.75) is 18.8 Å². The number of rotatable bonds is 3. The van der Waals surface area contributed by atoms with Gasteiger partial charge in [-0.05, 0) is 25.0 Å². The molecular formula is C19H22F2N4O. The van der Waals surface area contributed by atoms with Crippen LogP contribution in [0, 0.1) is 11.6 Å². The van der Waals surface area contributed by atoms with Gasteiger partial charge in [0.1, 0.15) is 12.1 Å². The first-order valence-electron chi connectivity index (χ1n) is 9.06. The summed E-state index contributed by atoms with van der Waals surface area (Å²) < 4.78 is 34.4. The summed E-state index contributed by atoms with van der Waals surface area (Å²) in [5.41, 5.74) is 1.09. The maximum Gasteiger partial charge on any atom is 0.187 e. The molecule has 2 saturated heterocycles. The Balaban J connectivity index is 1.48. The average Bonchev–Trinajstić information content (AvgIpc) is 2.69. The second-order valence-electron chi connectivity index (χ2n) is 6.71. The zero-order valence-electron chi connectivity index (χ0n) is 14.6. The maximum absolute atomic E-state index is 15.0. The van der Waals surface area contributed by atoms with Crippen LogP contribution in [0.25, 0.3) is 0 Å². The molecular weight excluding hydrogens is 338 g/mol. The molecule has 0 N–H and O–H groups in total. The van der Waals surface area contributed by atoms with Crippen molar-refractivity contribution >= 4 is 11.5 Å². The Morgan fingerprint density at radius 3 is 2.35 bits per heavy atom. The third kappa shape index (κ3) is 3.35. The SMILES string of the molecule is Fc1ccccc1N1CCN(c2ncnc(C3CCOCC3)c2F)CC1. The molecule has 2 aliphatic rings. The van der Waals surface area contributed by atoms with Crippen molar-refractivity contribution in [2.75, 3.05) is 49.2 Å². The summed E-state index contributed by atoms with van der Waals surface area (Å²) in [6.07, 6.45) is 3.02. The van der Waals surface area contributed by atoms with Crippen LogP contribution in [0.15, 0.2) is 30.6 Å². The van der Waals surface area contributed by atoms with Crippen LogP contribution in [0.3, 0.4) is 0 Å². The highest BCUT2D eigenvalue weighted by atomic mass is 19.1. The Morgan fingerprint density at radius 1 is 0.923 bits per heavy atom. The third-order valence-corrected chi connectivity index (χ3v) is 5.18. The molecule has 4 rings (SSSR count). The predicted octanol–water partition coefficient (Wildman–Crippen LogP) is 2.98. The van der Waals surface area contributed by atoms with Crippen LogP contribution in [0.4, 0.5) is 20.3 Å². The van der Waals surface area contributed by atoms with Gasteiger partial charge in [0.15, 0.2) is 11.6 Å². The molecule has 2 aromatic rings. The molecule has 1 aromatic carbocycles. The second-order valence-corrected chi connectivity index (χ2v) is 6.71. The fourth-order valence-electron chi connectivity index (χ4n) is 3.72. The summed E-state index contributed by atoms with van der Waals surface area (Å²) in [5.74, 6) is -0.102. The Labute approximate surface area is 151 Å². The summed E-state index contributed by atoms with van der Waals surface area (Å²) in [4.78, 5) is 12.3. The molecule has 0 amide bonds. The van der Waals surface area contributed by atoms with Crippen molar-refractivity contribution in [3.05, 3.63) is 47.9 Å². The van der Waals surface area contributed by atoms with E-state index < -0.39 is 0 Å². The fraction of sp³-hybridized carbons (Fsp3) is 0.474. The third-order valence-electron chi connectivity index (χ3n) is 5.18. The van der Waals surface area contributed by atoms with E-state index in [0.29, 0.717) is 56.6 Å². The van der Waals surface area contributed by atoms with Gasteiger partial charge < -0.3 is 14.5 Å². The summed E-state index contributed by atoms with van der Waals surface area (Å²) in [7, 11) is 0. The number of piperazine rings is 1. The van der Waals surface area contributed by atoms with Crippen molar-refractivity contribution in [3.63, 3.8) is 0 Å². The quantitative estimate of drug-likeness (QED) is 0.842. The molecule has 2 aliphatic heterocycles. The lowest BCUT2D eigenvalue weighted by Gasteiger charge is -2.37. The maximum atomic E-state index is 15.0. The van der Waals surface area contributed by atoms with E-state index in [1.54, 1.807) is 12.1 Å². The van der Waals surface area contributed by atoms with Gasteiger partial charge in [-0.15, -0.1) is 0 Å². The van der Waals surface area contributed by atoms with Gasteiger partial charge >= 0.3 is 0 Å². The monoisotopic (exact) mass is 360 g/mol. The minimum atomic E-state index is -0.321. The Hall–Kier alpha value is -2.28. The van der Waals surface area contributed by atoms with E-state index in [1.807, 2.05) is 15.9 Å². The summed E-state index contributed by atoms with van der Waals surface area (Å²) in [6.45, 7) is 3.72. The minimum Gasteiger partial charge on any atom is -0.381 e. The molecule has 7 heteroatoms. The van der Waals surface area contributed by atoms with E-state index in [1.165, 1.54) is 12.4 Å². The van der Waals surface area contributed by atoms with Gasteiger partial charge in [0.2, 0.25) is 0 Å². The first-order valence-corrected chi connectivity index (χ1v) is 9.06. The van der Waals surface area contributed by atoms with Gasteiger partial charge in [-0.2, -0.15) is 0 Å². The van der Waals surface area contributed by atoms with Crippen LogP contribution >= 0.6 is 0 Å². The molecule has 0 saturated carbocycles. The number of halogens is 2. The zero-order chi connectivity index (χ0) is 17.9. The van der Waals surface area contributed by atoms with Crippen LogP contribution in [-0.2, 0) is 4.74 Å². The van der Waals surface area contributed by atoms with Crippen LogP contribution < -0.4 is 9.80 Å². The van der Waals surface area contributed by atoms with E-state index in [4.69, 9.17) is 4.74 Å². The number of nitrogens with zero attached hydrogens (tertiary/aromatic N) is 4. The van der Waals surface area contributed by atoms with Crippen molar-refractivity contribution in [1.82, 2.24) is 9.97 Å². The zero-order valence-corrected chi connectivity index (χ0v) is 14.6. The van der Waals surface area contributed by atoms with Gasteiger partial charge in [-0.25, -0.2) is 18.7 Å². The molecule has 0 aliphatic carbocycles. The lowest BCUT2D eigenvalue weighted by molar-refractivity contribution is 0.0836. The van der Waals surface area contributed by atoms with E-state index in [2.05, 4.69) is 9.97 Å². The second kappa shape index (κ2) is 7.53. The number of aromatic nitrogens is 2. The van der Waals surface area contributed by atoms with E-state index >= 15 is 4.39 Å². The fourth-order valence-corrected chi connectivity index (χ4v) is 3.72. The van der Waals surface area contributed by atoms with Crippen LogP contribution in [0.5, 0.6) is 0 Å². The first kappa shape index (κ1) is 17.1. The number of anilines is 2. The molecule has 1 aromatic heterocycles. The van der Waals surface area contributed by atoms with Gasteiger partial charge in [0.05, 0.1) is 11.4 Å². The molecule has 3 heterocycles. The summed E-state index contributed by atoms with van der Waals surface area (Å²) in [5, 5.41) is 0. The summed E-state index contributed by atoms with van der Waals surface area (Å²) in [6, 6.07) is 6.75. The van der Waals surface area contributed by atoms with Gasteiger partial charge in [-0.1, -0.05) is 12.1 Å². The normalized spacial score (nSPS) is 19.0. The molecule has 2 fully saturated rings. The van der Waals surface area contributed by atoms with Crippen molar-refractivity contribution in [1.29, 1.82) is 0 Å². The predicted molar refractivity (Wildman–Crippen MR) is 95.6 cm³/mol. The molecule has 0 atom stereocenters. The van der Waals surface area contributed by atoms with Crippen molar-refractivity contribution in [2.24, 2.45) is 0 Å². The molecule has 0 spiro atoms.